The smallest absolute Gasteiger partial charge is 0.410 e. The molecule has 1 saturated heterocycles. The van der Waals surface area contributed by atoms with Crippen molar-refractivity contribution >= 4 is 12.2 Å². The lowest BCUT2D eigenvalue weighted by atomic mass is 10.1. The number of imidazole rings is 1. The van der Waals surface area contributed by atoms with Crippen molar-refractivity contribution < 1.29 is 9.53 Å². The molecule has 0 aromatic carbocycles. The molecular weight excluding hydrogens is 230 g/mol. The van der Waals surface area contributed by atoms with Crippen molar-refractivity contribution in [2.75, 3.05) is 13.1 Å². The molecule has 5 nitrogen and oxygen atoms in total. The van der Waals surface area contributed by atoms with Gasteiger partial charge >= 0.3 is 6.09 Å². The summed E-state index contributed by atoms with van der Waals surface area (Å²) in [4.78, 5) is 17.6. The monoisotopic (exact) mass is 249 g/mol. The van der Waals surface area contributed by atoms with Gasteiger partial charge in [-0.15, -0.1) is 0 Å². The Morgan fingerprint density at radius 2 is 2.11 bits per heavy atom. The summed E-state index contributed by atoms with van der Waals surface area (Å²) >= 11 is 0. The standard InChI is InChI=1S/C13H19N3O2/c1-13(2,3)18-12(17)16-8-10(9-16)7-11-14-5-6-15(11)4/h5-7H,8-9H2,1-4H3. The van der Waals surface area contributed by atoms with Gasteiger partial charge in [-0.1, -0.05) is 0 Å². The molecule has 98 valence electrons. The SMILES string of the molecule is Cn1ccnc1C=C1CN(C(=O)OC(C)(C)C)C1. The molecule has 0 saturated carbocycles. The molecule has 1 aromatic heterocycles. The molecule has 2 rings (SSSR count). The first-order chi connectivity index (χ1) is 8.35. The van der Waals surface area contributed by atoms with Gasteiger partial charge in [-0.05, 0) is 32.4 Å². The fourth-order valence-electron chi connectivity index (χ4n) is 1.69. The van der Waals surface area contributed by atoms with E-state index in [2.05, 4.69) is 4.98 Å². The largest absolute Gasteiger partial charge is 0.444 e. The number of carbonyl (C=O) groups is 1. The average Bonchev–Trinajstić information content (AvgIpc) is 2.54. The topological polar surface area (TPSA) is 47.4 Å². The predicted octanol–water partition coefficient (Wildman–Crippen LogP) is 2.05. The fourth-order valence-corrected chi connectivity index (χ4v) is 1.69. The highest BCUT2D eigenvalue weighted by molar-refractivity contribution is 5.72. The highest BCUT2D eigenvalue weighted by atomic mass is 16.6. The quantitative estimate of drug-likeness (QED) is 0.765. The number of hydrogen-bond acceptors (Lipinski definition) is 3. The van der Waals surface area contributed by atoms with Crippen LogP contribution in [0.15, 0.2) is 18.0 Å². The molecule has 1 amide bonds. The number of ether oxygens (including phenoxy) is 1. The van der Waals surface area contributed by atoms with Gasteiger partial charge in [0.1, 0.15) is 11.4 Å². The summed E-state index contributed by atoms with van der Waals surface area (Å²) in [7, 11) is 1.95. The maximum absolute atomic E-state index is 11.7. The number of amides is 1. The van der Waals surface area contributed by atoms with E-state index in [9.17, 15) is 4.79 Å². The molecule has 5 heteroatoms. The third-order valence-corrected chi connectivity index (χ3v) is 2.63. The van der Waals surface area contributed by atoms with E-state index in [1.54, 1.807) is 11.1 Å². The molecule has 1 aliphatic rings. The van der Waals surface area contributed by atoms with Crippen molar-refractivity contribution in [1.29, 1.82) is 0 Å². The molecule has 1 fully saturated rings. The Labute approximate surface area is 107 Å². The summed E-state index contributed by atoms with van der Waals surface area (Å²) < 4.78 is 7.24. The Hall–Kier alpha value is -1.78. The van der Waals surface area contributed by atoms with Crippen molar-refractivity contribution in [2.24, 2.45) is 7.05 Å². The summed E-state index contributed by atoms with van der Waals surface area (Å²) in [5.41, 5.74) is 0.756. The summed E-state index contributed by atoms with van der Waals surface area (Å²) in [6.45, 7) is 6.86. The van der Waals surface area contributed by atoms with Crippen LogP contribution in [0.2, 0.25) is 0 Å². The number of carbonyl (C=O) groups excluding carboxylic acids is 1. The first-order valence-corrected chi connectivity index (χ1v) is 6.00. The summed E-state index contributed by atoms with van der Waals surface area (Å²) in [6.07, 6.45) is 5.42. The number of hydrogen-bond donors (Lipinski definition) is 0. The zero-order valence-corrected chi connectivity index (χ0v) is 11.3. The normalized spacial score (nSPS) is 15.3. The molecular formula is C13H19N3O2. The van der Waals surface area contributed by atoms with Gasteiger partial charge in [-0.25, -0.2) is 9.78 Å². The highest BCUT2D eigenvalue weighted by Gasteiger charge is 2.29. The van der Waals surface area contributed by atoms with Crippen molar-refractivity contribution in [3.05, 3.63) is 23.8 Å². The maximum Gasteiger partial charge on any atom is 0.410 e. The Morgan fingerprint density at radius 3 is 2.61 bits per heavy atom. The van der Waals surface area contributed by atoms with E-state index in [1.807, 2.05) is 44.7 Å². The van der Waals surface area contributed by atoms with E-state index in [-0.39, 0.29) is 6.09 Å². The van der Waals surface area contributed by atoms with Crippen LogP contribution in [-0.2, 0) is 11.8 Å². The van der Waals surface area contributed by atoms with Crippen molar-refractivity contribution in [1.82, 2.24) is 14.5 Å². The van der Waals surface area contributed by atoms with Gasteiger partial charge in [0.25, 0.3) is 0 Å². The highest BCUT2D eigenvalue weighted by Crippen LogP contribution is 2.20. The molecule has 1 aromatic rings. The molecule has 0 aliphatic carbocycles. The van der Waals surface area contributed by atoms with Crippen LogP contribution in [0.3, 0.4) is 0 Å². The van der Waals surface area contributed by atoms with Gasteiger partial charge in [-0.3, -0.25) is 0 Å². The molecule has 0 radical (unpaired) electrons. The van der Waals surface area contributed by atoms with Crippen LogP contribution < -0.4 is 0 Å². The molecule has 2 heterocycles. The zero-order valence-electron chi connectivity index (χ0n) is 11.3. The molecule has 0 bridgehead atoms. The number of aryl methyl sites for hydroxylation is 1. The minimum atomic E-state index is -0.434. The van der Waals surface area contributed by atoms with E-state index >= 15 is 0 Å². The lowest BCUT2D eigenvalue weighted by Gasteiger charge is -2.35. The van der Waals surface area contributed by atoms with Crippen LogP contribution in [0.5, 0.6) is 0 Å². The number of nitrogens with zero attached hydrogens (tertiary/aromatic N) is 3. The lowest BCUT2D eigenvalue weighted by molar-refractivity contribution is 0.0216. The van der Waals surface area contributed by atoms with E-state index in [4.69, 9.17) is 4.74 Å². The second-order valence-corrected chi connectivity index (χ2v) is 5.54. The Morgan fingerprint density at radius 1 is 1.44 bits per heavy atom. The van der Waals surface area contributed by atoms with E-state index in [0.717, 1.165) is 5.82 Å². The number of aromatic nitrogens is 2. The Kier molecular flexibility index (Phi) is 3.15. The van der Waals surface area contributed by atoms with Crippen molar-refractivity contribution in [3.63, 3.8) is 0 Å². The van der Waals surface area contributed by atoms with Gasteiger partial charge in [0.2, 0.25) is 0 Å². The van der Waals surface area contributed by atoms with E-state index in [1.165, 1.54) is 5.57 Å². The second kappa shape index (κ2) is 4.48. The van der Waals surface area contributed by atoms with E-state index < -0.39 is 5.60 Å². The average molecular weight is 249 g/mol. The van der Waals surface area contributed by atoms with Gasteiger partial charge in [0.05, 0.1) is 0 Å². The van der Waals surface area contributed by atoms with Crippen molar-refractivity contribution in [2.45, 2.75) is 26.4 Å². The van der Waals surface area contributed by atoms with Crippen LogP contribution in [0.4, 0.5) is 4.79 Å². The fraction of sp³-hybridized carbons (Fsp3) is 0.538. The van der Waals surface area contributed by atoms with Gasteiger partial charge in [0, 0.05) is 32.5 Å². The van der Waals surface area contributed by atoms with Crippen LogP contribution in [0.25, 0.3) is 6.08 Å². The van der Waals surface area contributed by atoms with Crippen molar-refractivity contribution in [3.8, 4) is 0 Å². The molecule has 0 atom stereocenters. The summed E-state index contributed by atoms with van der Waals surface area (Å²) in [5, 5.41) is 0. The second-order valence-electron chi connectivity index (χ2n) is 5.54. The van der Waals surface area contributed by atoms with Crippen LogP contribution in [-0.4, -0.2) is 39.2 Å². The third-order valence-electron chi connectivity index (χ3n) is 2.63. The lowest BCUT2D eigenvalue weighted by Crippen LogP contribution is -2.46. The Bertz CT molecular complexity index is 475. The zero-order chi connectivity index (χ0) is 13.3. The van der Waals surface area contributed by atoms with Gasteiger partial charge in [0.15, 0.2) is 0 Å². The van der Waals surface area contributed by atoms with E-state index in [0.29, 0.717) is 13.1 Å². The van der Waals surface area contributed by atoms with Crippen LogP contribution in [0, 0.1) is 0 Å². The van der Waals surface area contributed by atoms with Gasteiger partial charge < -0.3 is 14.2 Å². The predicted molar refractivity (Wildman–Crippen MR) is 69.0 cm³/mol. The third kappa shape index (κ3) is 2.91. The minimum Gasteiger partial charge on any atom is -0.444 e. The molecule has 18 heavy (non-hydrogen) atoms. The molecule has 0 spiro atoms. The molecule has 0 N–H and O–H groups in total. The first-order valence-electron chi connectivity index (χ1n) is 6.00. The van der Waals surface area contributed by atoms with Crippen LogP contribution in [0.1, 0.15) is 26.6 Å². The number of rotatable bonds is 1. The number of likely N-dealkylation sites (tertiary alicyclic amines) is 1. The molecule has 1 aliphatic heterocycles. The van der Waals surface area contributed by atoms with Crippen LogP contribution >= 0.6 is 0 Å². The maximum atomic E-state index is 11.7. The molecule has 0 unspecified atom stereocenters. The summed E-state index contributed by atoms with van der Waals surface area (Å²) in [6, 6.07) is 0. The Balaban J connectivity index is 1.89. The minimum absolute atomic E-state index is 0.250. The first kappa shape index (κ1) is 12.7. The van der Waals surface area contributed by atoms with Gasteiger partial charge in [-0.2, -0.15) is 0 Å². The summed E-state index contributed by atoms with van der Waals surface area (Å²) in [5.74, 6) is 0.911.